The van der Waals surface area contributed by atoms with Crippen LogP contribution < -0.4 is 5.32 Å². The highest BCUT2D eigenvalue weighted by molar-refractivity contribution is 7.91. The van der Waals surface area contributed by atoms with Crippen LogP contribution in [-0.4, -0.2) is 45.1 Å². The molecule has 0 radical (unpaired) electrons. The van der Waals surface area contributed by atoms with Crippen molar-refractivity contribution < 1.29 is 8.42 Å². The number of allylic oxidation sites excluding steroid dienone is 2. The number of rotatable bonds is 7. The van der Waals surface area contributed by atoms with Crippen LogP contribution in [0.3, 0.4) is 0 Å². The molecule has 9 heteroatoms. The smallest absolute Gasteiger partial charge is 0.149 e. The van der Waals surface area contributed by atoms with Crippen molar-refractivity contribution in [3.63, 3.8) is 0 Å². The minimum atomic E-state index is -2.74. The number of H-pyrrole nitrogens is 2. The Balaban J connectivity index is 0.000000383. The number of aromatic nitrogens is 5. The Morgan fingerprint density at radius 3 is 2.61 bits per heavy atom. The molecule has 0 amide bonds. The van der Waals surface area contributed by atoms with Crippen molar-refractivity contribution in [2.45, 2.75) is 52.2 Å². The van der Waals surface area contributed by atoms with Gasteiger partial charge >= 0.3 is 0 Å². The minimum absolute atomic E-state index is 0.229. The molecule has 0 spiro atoms. The maximum absolute atomic E-state index is 10.3. The largest absolute Gasteiger partial charge is 0.340 e. The van der Waals surface area contributed by atoms with E-state index >= 15 is 0 Å². The van der Waals surface area contributed by atoms with Crippen LogP contribution in [0.25, 0.3) is 27.5 Å². The molecule has 4 rings (SSSR count). The van der Waals surface area contributed by atoms with E-state index in [4.69, 9.17) is 0 Å². The fourth-order valence-electron chi connectivity index (χ4n) is 3.23. The number of hydrogen-bond acceptors (Lipinski definition) is 6. The lowest BCUT2D eigenvalue weighted by Crippen LogP contribution is -2.10. The summed E-state index contributed by atoms with van der Waals surface area (Å²) in [6, 6.07) is 8.22. The van der Waals surface area contributed by atoms with Gasteiger partial charge in [-0.05, 0) is 56.5 Å². The van der Waals surface area contributed by atoms with Crippen LogP contribution >= 0.6 is 0 Å². The van der Waals surface area contributed by atoms with Gasteiger partial charge in [-0.2, -0.15) is 5.10 Å². The molecule has 4 aromatic rings. The van der Waals surface area contributed by atoms with E-state index in [2.05, 4.69) is 62.5 Å². The summed E-state index contributed by atoms with van der Waals surface area (Å²) in [6.07, 6.45) is 10.1. The third-order valence-electron chi connectivity index (χ3n) is 5.30. The van der Waals surface area contributed by atoms with Gasteiger partial charge in [-0.25, -0.2) is 18.4 Å². The van der Waals surface area contributed by atoms with E-state index in [1.165, 1.54) is 11.8 Å². The first-order chi connectivity index (χ1) is 15.7. The standard InChI is InChI=1S/C20H22N6.C4H10O2S/c1-3-5-13(6-4-2)18-10-16-19(21-12-22-20(16)25-18)24-15-7-8-17-14(9-15)11-23-26-17;1-4(2)7(3,5)6/h5,7-12H,3-4,6H2,1-2H3,(H,23,26)(H2,21,22,24,25);4H,1-3H3/b13-5+;. The topological polar surface area (TPSA) is 116 Å². The number of hydrogen-bond donors (Lipinski definition) is 3. The van der Waals surface area contributed by atoms with Crippen molar-refractivity contribution in [3.05, 3.63) is 48.6 Å². The van der Waals surface area contributed by atoms with Gasteiger partial charge in [-0.1, -0.05) is 26.3 Å². The summed E-state index contributed by atoms with van der Waals surface area (Å²) < 4.78 is 20.7. The Bertz CT molecular complexity index is 1350. The second-order valence-corrected chi connectivity index (χ2v) is 10.8. The summed E-state index contributed by atoms with van der Waals surface area (Å²) in [5.74, 6) is 0.799. The first-order valence-corrected chi connectivity index (χ1v) is 13.1. The van der Waals surface area contributed by atoms with E-state index in [9.17, 15) is 8.42 Å². The second-order valence-electron chi connectivity index (χ2n) is 8.23. The highest BCUT2D eigenvalue weighted by Crippen LogP contribution is 2.29. The van der Waals surface area contributed by atoms with Crippen LogP contribution in [0.5, 0.6) is 0 Å². The monoisotopic (exact) mass is 468 g/mol. The lowest BCUT2D eigenvalue weighted by atomic mass is 10.1. The molecule has 1 aromatic carbocycles. The first kappa shape index (κ1) is 24.4. The number of anilines is 2. The van der Waals surface area contributed by atoms with Gasteiger partial charge in [-0.15, -0.1) is 0 Å². The quantitative estimate of drug-likeness (QED) is 0.324. The summed E-state index contributed by atoms with van der Waals surface area (Å²) in [4.78, 5) is 12.3. The Morgan fingerprint density at radius 2 is 1.94 bits per heavy atom. The van der Waals surface area contributed by atoms with Gasteiger partial charge in [0, 0.05) is 23.0 Å². The fourth-order valence-corrected chi connectivity index (χ4v) is 3.23. The molecule has 3 N–H and O–H groups in total. The van der Waals surface area contributed by atoms with Crippen LogP contribution in [0, 0.1) is 0 Å². The lowest BCUT2D eigenvalue weighted by Gasteiger charge is -2.06. The fraction of sp³-hybridized carbons (Fsp3) is 0.375. The average molecular weight is 469 g/mol. The molecule has 176 valence electrons. The van der Waals surface area contributed by atoms with Crippen molar-refractivity contribution >= 4 is 48.9 Å². The molecule has 0 atom stereocenters. The molecule has 0 saturated heterocycles. The van der Waals surface area contributed by atoms with Crippen molar-refractivity contribution in [1.29, 1.82) is 0 Å². The Labute approximate surface area is 194 Å². The zero-order valence-corrected chi connectivity index (χ0v) is 20.6. The SMILES string of the molecule is CC(C)S(C)(=O)=O.CC/C=C(\CCC)c1cc2c(Nc3ccc4[nH]ncc4c3)ncnc2[nH]1. The van der Waals surface area contributed by atoms with Crippen LogP contribution in [0.4, 0.5) is 11.5 Å². The van der Waals surface area contributed by atoms with Crippen molar-refractivity contribution in [2.75, 3.05) is 11.6 Å². The van der Waals surface area contributed by atoms with Crippen LogP contribution in [0.15, 0.2) is 42.9 Å². The van der Waals surface area contributed by atoms with Crippen LogP contribution in [0.2, 0.25) is 0 Å². The number of aromatic amines is 2. The van der Waals surface area contributed by atoms with Crippen molar-refractivity contribution in [2.24, 2.45) is 0 Å². The van der Waals surface area contributed by atoms with Gasteiger partial charge in [0.25, 0.3) is 0 Å². The molecule has 0 fully saturated rings. The first-order valence-electron chi connectivity index (χ1n) is 11.1. The molecule has 8 nitrogen and oxygen atoms in total. The number of fused-ring (bicyclic) bond motifs is 2. The van der Waals surface area contributed by atoms with E-state index in [-0.39, 0.29) is 5.25 Å². The normalized spacial score (nSPS) is 12.2. The maximum atomic E-state index is 10.3. The third kappa shape index (κ3) is 6.19. The molecule has 0 aliphatic rings. The highest BCUT2D eigenvalue weighted by atomic mass is 32.2. The summed E-state index contributed by atoms with van der Waals surface area (Å²) in [5.41, 5.74) is 5.29. The van der Waals surface area contributed by atoms with Gasteiger partial charge in [0.2, 0.25) is 0 Å². The molecule has 3 aromatic heterocycles. The zero-order chi connectivity index (χ0) is 24.0. The summed E-state index contributed by atoms with van der Waals surface area (Å²) in [6.45, 7) is 7.69. The molecule has 0 aliphatic heterocycles. The molecule has 3 heterocycles. The van der Waals surface area contributed by atoms with Crippen LogP contribution in [0.1, 0.15) is 52.7 Å². The number of nitrogens with zero attached hydrogens (tertiary/aromatic N) is 3. The summed E-state index contributed by atoms with van der Waals surface area (Å²) in [5, 5.41) is 12.3. The number of nitrogens with one attached hydrogen (secondary N) is 3. The van der Waals surface area contributed by atoms with Crippen molar-refractivity contribution in [3.8, 4) is 0 Å². The number of benzene rings is 1. The van der Waals surface area contributed by atoms with Crippen LogP contribution in [-0.2, 0) is 9.84 Å². The zero-order valence-electron chi connectivity index (χ0n) is 19.8. The van der Waals surface area contributed by atoms with E-state index < -0.39 is 9.84 Å². The molecule has 0 unspecified atom stereocenters. The lowest BCUT2D eigenvalue weighted by molar-refractivity contribution is 0.593. The molecule has 33 heavy (non-hydrogen) atoms. The Hall–Kier alpha value is -3.20. The minimum Gasteiger partial charge on any atom is -0.340 e. The van der Waals surface area contributed by atoms with Gasteiger partial charge in [0.05, 0.1) is 22.3 Å². The number of sulfone groups is 1. The van der Waals surface area contributed by atoms with Gasteiger partial charge in [0.1, 0.15) is 27.6 Å². The molecular weight excluding hydrogens is 436 g/mol. The molecule has 0 aliphatic carbocycles. The average Bonchev–Trinajstić information content (AvgIpc) is 3.40. The van der Waals surface area contributed by atoms with Gasteiger partial charge < -0.3 is 10.3 Å². The van der Waals surface area contributed by atoms with E-state index in [0.29, 0.717) is 0 Å². The van der Waals surface area contributed by atoms with E-state index in [1.54, 1.807) is 20.2 Å². The highest BCUT2D eigenvalue weighted by Gasteiger charge is 2.11. The third-order valence-corrected chi connectivity index (χ3v) is 7.01. The van der Waals surface area contributed by atoms with Gasteiger partial charge in [0.15, 0.2) is 0 Å². The molecular formula is C24H32N6O2S. The molecule has 0 saturated carbocycles. The summed E-state index contributed by atoms with van der Waals surface area (Å²) in [7, 11) is -2.74. The Kier molecular flexibility index (Phi) is 7.86. The van der Waals surface area contributed by atoms with Crippen molar-refractivity contribution in [1.82, 2.24) is 25.1 Å². The predicted molar refractivity (Wildman–Crippen MR) is 136 cm³/mol. The summed E-state index contributed by atoms with van der Waals surface area (Å²) >= 11 is 0. The molecule has 0 bridgehead atoms. The maximum Gasteiger partial charge on any atom is 0.149 e. The predicted octanol–water partition coefficient (Wildman–Crippen LogP) is 5.61. The van der Waals surface area contributed by atoms with Gasteiger partial charge in [-0.3, -0.25) is 5.10 Å². The second kappa shape index (κ2) is 10.6. The Morgan fingerprint density at radius 1 is 1.18 bits per heavy atom. The van der Waals surface area contributed by atoms with E-state index in [1.807, 2.05) is 18.3 Å². The van der Waals surface area contributed by atoms with E-state index in [0.717, 1.165) is 58.4 Å².